The van der Waals surface area contributed by atoms with Crippen molar-refractivity contribution in [1.82, 2.24) is 4.98 Å². The van der Waals surface area contributed by atoms with Gasteiger partial charge in [-0.3, -0.25) is 0 Å². The zero-order chi connectivity index (χ0) is 12.0. The van der Waals surface area contributed by atoms with Gasteiger partial charge in [-0.15, -0.1) is 0 Å². The van der Waals surface area contributed by atoms with E-state index in [2.05, 4.69) is 10.3 Å². The highest BCUT2D eigenvalue weighted by molar-refractivity contribution is 5.94. The van der Waals surface area contributed by atoms with Gasteiger partial charge < -0.3 is 20.9 Å². The summed E-state index contributed by atoms with van der Waals surface area (Å²) in [6.45, 7) is 3.53. The molecule has 0 aliphatic rings. The topological polar surface area (TPSA) is 97.5 Å². The molecule has 6 nitrogen and oxygen atoms in total. The normalized spacial score (nSPS) is 10.1. The summed E-state index contributed by atoms with van der Waals surface area (Å²) in [6.07, 6.45) is 1.41. The molecule has 0 unspecified atom stereocenters. The van der Waals surface area contributed by atoms with Crippen molar-refractivity contribution in [3.8, 4) is 0 Å². The van der Waals surface area contributed by atoms with Crippen LogP contribution in [0.2, 0.25) is 0 Å². The van der Waals surface area contributed by atoms with E-state index in [4.69, 9.17) is 15.6 Å². The van der Waals surface area contributed by atoms with Crippen molar-refractivity contribution in [3.05, 3.63) is 17.8 Å². The Hall–Kier alpha value is -1.82. The molecule has 4 N–H and O–H groups in total. The molecule has 0 fully saturated rings. The Morgan fingerprint density at radius 3 is 3.06 bits per heavy atom. The first-order chi connectivity index (χ1) is 7.65. The first kappa shape index (κ1) is 12.3. The average molecular weight is 225 g/mol. The number of pyridine rings is 1. The van der Waals surface area contributed by atoms with Crippen LogP contribution in [0.15, 0.2) is 12.3 Å². The van der Waals surface area contributed by atoms with E-state index >= 15 is 0 Å². The van der Waals surface area contributed by atoms with Crippen molar-refractivity contribution < 1.29 is 14.6 Å². The molecule has 0 atom stereocenters. The number of anilines is 2. The summed E-state index contributed by atoms with van der Waals surface area (Å²) >= 11 is 0. The molecule has 1 aromatic heterocycles. The molecule has 1 aromatic rings. The molecular formula is C10H15N3O3. The number of ether oxygens (including phenoxy) is 1. The molecule has 0 bridgehead atoms. The van der Waals surface area contributed by atoms with E-state index in [1.807, 2.05) is 6.92 Å². The van der Waals surface area contributed by atoms with Gasteiger partial charge in [0, 0.05) is 13.2 Å². The van der Waals surface area contributed by atoms with E-state index in [9.17, 15) is 4.79 Å². The molecule has 1 heterocycles. The van der Waals surface area contributed by atoms with Gasteiger partial charge in [-0.25, -0.2) is 9.78 Å². The van der Waals surface area contributed by atoms with Crippen molar-refractivity contribution in [1.29, 1.82) is 0 Å². The lowest BCUT2D eigenvalue weighted by molar-refractivity contribution is 0.0697. The minimum absolute atomic E-state index is 0.0662. The van der Waals surface area contributed by atoms with Crippen molar-refractivity contribution in [3.63, 3.8) is 0 Å². The van der Waals surface area contributed by atoms with Crippen LogP contribution in [0.25, 0.3) is 0 Å². The van der Waals surface area contributed by atoms with Crippen LogP contribution in [0.1, 0.15) is 17.3 Å². The van der Waals surface area contributed by atoms with Crippen molar-refractivity contribution in [2.75, 3.05) is 30.8 Å². The second-order valence-electron chi connectivity index (χ2n) is 3.09. The largest absolute Gasteiger partial charge is 0.478 e. The molecule has 0 aliphatic heterocycles. The summed E-state index contributed by atoms with van der Waals surface area (Å²) < 4.78 is 5.12. The fourth-order valence-electron chi connectivity index (χ4n) is 1.17. The molecule has 88 valence electrons. The predicted molar refractivity (Wildman–Crippen MR) is 60.6 cm³/mol. The van der Waals surface area contributed by atoms with E-state index in [0.29, 0.717) is 31.3 Å². The Morgan fingerprint density at radius 1 is 1.69 bits per heavy atom. The summed E-state index contributed by atoms with van der Waals surface area (Å²) in [6, 6.07) is 1.37. The van der Waals surface area contributed by atoms with E-state index in [0.717, 1.165) is 0 Å². The number of carboxylic acid groups (broad SMARTS) is 1. The highest BCUT2D eigenvalue weighted by atomic mass is 16.5. The van der Waals surface area contributed by atoms with Crippen LogP contribution in [-0.4, -0.2) is 35.8 Å². The van der Waals surface area contributed by atoms with E-state index in [-0.39, 0.29) is 5.56 Å². The van der Waals surface area contributed by atoms with Gasteiger partial charge in [0.2, 0.25) is 0 Å². The highest BCUT2D eigenvalue weighted by Gasteiger charge is 2.11. The lowest BCUT2D eigenvalue weighted by atomic mass is 10.2. The van der Waals surface area contributed by atoms with Gasteiger partial charge >= 0.3 is 5.97 Å². The van der Waals surface area contributed by atoms with Crippen LogP contribution < -0.4 is 11.1 Å². The van der Waals surface area contributed by atoms with Crippen molar-refractivity contribution in [2.45, 2.75) is 6.92 Å². The first-order valence-corrected chi connectivity index (χ1v) is 4.95. The number of aromatic carboxylic acids is 1. The van der Waals surface area contributed by atoms with Crippen LogP contribution in [0, 0.1) is 0 Å². The second-order valence-corrected chi connectivity index (χ2v) is 3.09. The molecule has 0 radical (unpaired) electrons. The number of carbonyl (C=O) groups is 1. The average Bonchev–Trinajstić information content (AvgIpc) is 2.26. The maximum atomic E-state index is 10.9. The van der Waals surface area contributed by atoms with Gasteiger partial charge in [-0.1, -0.05) is 0 Å². The van der Waals surface area contributed by atoms with Gasteiger partial charge in [0.05, 0.1) is 18.5 Å². The molecule has 16 heavy (non-hydrogen) atoms. The molecular weight excluding hydrogens is 210 g/mol. The molecule has 6 heteroatoms. The molecule has 0 saturated carbocycles. The monoisotopic (exact) mass is 225 g/mol. The third-order valence-electron chi connectivity index (χ3n) is 1.88. The van der Waals surface area contributed by atoms with Gasteiger partial charge in [0.1, 0.15) is 11.4 Å². The minimum atomic E-state index is -1.06. The SMILES string of the molecule is CCOCCNc1ncc(N)cc1C(=O)O. The number of rotatable bonds is 6. The van der Waals surface area contributed by atoms with Crippen LogP contribution in [0.5, 0.6) is 0 Å². The molecule has 0 spiro atoms. The lowest BCUT2D eigenvalue weighted by Gasteiger charge is -2.08. The summed E-state index contributed by atoms with van der Waals surface area (Å²) in [4.78, 5) is 14.8. The maximum absolute atomic E-state index is 10.9. The van der Waals surface area contributed by atoms with Crippen molar-refractivity contribution >= 4 is 17.5 Å². The lowest BCUT2D eigenvalue weighted by Crippen LogP contribution is -2.14. The summed E-state index contributed by atoms with van der Waals surface area (Å²) in [5.74, 6) is -0.750. The zero-order valence-corrected chi connectivity index (χ0v) is 9.06. The quantitative estimate of drug-likeness (QED) is 0.620. The number of nitrogens with zero attached hydrogens (tertiary/aromatic N) is 1. The smallest absolute Gasteiger partial charge is 0.339 e. The summed E-state index contributed by atoms with van der Waals surface area (Å²) in [7, 11) is 0. The molecule has 0 aliphatic carbocycles. The second kappa shape index (κ2) is 5.92. The Morgan fingerprint density at radius 2 is 2.44 bits per heavy atom. The number of carboxylic acids is 1. The number of nitrogens with one attached hydrogen (secondary N) is 1. The van der Waals surface area contributed by atoms with Crippen LogP contribution in [-0.2, 0) is 4.74 Å². The number of aromatic nitrogens is 1. The summed E-state index contributed by atoms with van der Waals surface area (Å²) in [5, 5.41) is 11.8. The number of hydrogen-bond donors (Lipinski definition) is 3. The van der Waals surface area contributed by atoms with E-state index in [1.54, 1.807) is 0 Å². The minimum Gasteiger partial charge on any atom is -0.478 e. The fourth-order valence-corrected chi connectivity index (χ4v) is 1.17. The molecule has 0 saturated heterocycles. The summed E-state index contributed by atoms with van der Waals surface area (Å²) in [5.41, 5.74) is 5.86. The molecule has 1 rings (SSSR count). The van der Waals surface area contributed by atoms with Gasteiger partial charge in [0.25, 0.3) is 0 Å². The van der Waals surface area contributed by atoms with Gasteiger partial charge in [-0.05, 0) is 13.0 Å². The third-order valence-corrected chi connectivity index (χ3v) is 1.88. The molecule has 0 amide bonds. The van der Waals surface area contributed by atoms with Crippen LogP contribution >= 0.6 is 0 Å². The Balaban J connectivity index is 2.67. The Kier molecular flexibility index (Phi) is 4.53. The van der Waals surface area contributed by atoms with Crippen LogP contribution in [0.4, 0.5) is 11.5 Å². The highest BCUT2D eigenvalue weighted by Crippen LogP contribution is 2.14. The Labute approximate surface area is 93.4 Å². The number of nitrogen functional groups attached to an aromatic ring is 1. The Bertz CT molecular complexity index is 368. The van der Waals surface area contributed by atoms with Crippen LogP contribution in [0.3, 0.4) is 0 Å². The number of nitrogens with two attached hydrogens (primary N) is 1. The maximum Gasteiger partial charge on any atom is 0.339 e. The third kappa shape index (κ3) is 3.39. The van der Waals surface area contributed by atoms with Gasteiger partial charge in [0.15, 0.2) is 0 Å². The zero-order valence-electron chi connectivity index (χ0n) is 9.06. The van der Waals surface area contributed by atoms with E-state index in [1.165, 1.54) is 12.3 Å². The van der Waals surface area contributed by atoms with E-state index < -0.39 is 5.97 Å². The predicted octanol–water partition coefficient (Wildman–Crippen LogP) is 0.810. The fraction of sp³-hybridized carbons (Fsp3) is 0.400. The molecule has 0 aromatic carbocycles. The van der Waals surface area contributed by atoms with Crippen molar-refractivity contribution in [2.24, 2.45) is 0 Å². The van der Waals surface area contributed by atoms with Gasteiger partial charge in [-0.2, -0.15) is 0 Å². The number of hydrogen-bond acceptors (Lipinski definition) is 5. The standard InChI is InChI=1S/C10H15N3O3/c1-2-16-4-3-12-9-8(10(14)15)5-7(11)6-13-9/h5-6H,2-4,11H2,1H3,(H,12,13)(H,14,15). The first-order valence-electron chi connectivity index (χ1n) is 4.95.